The Morgan fingerprint density at radius 1 is 1.18 bits per heavy atom. The smallest absolute Gasteiger partial charge is 0.338 e. The SMILES string of the molecule is CCOC(=O)C1=C(C)N=c2s/c(=C/c3ccc(N(C)C)cc3)c(=O)n2[C@@H]1c1ccc(SC)cc1. The van der Waals surface area contributed by atoms with Crippen molar-refractivity contribution in [3.05, 3.63) is 90.6 Å². The van der Waals surface area contributed by atoms with E-state index in [0.29, 0.717) is 20.6 Å². The second-order valence-electron chi connectivity index (χ2n) is 8.06. The molecule has 0 radical (unpaired) electrons. The number of carbonyl (C=O) groups is 1. The molecule has 34 heavy (non-hydrogen) atoms. The molecule has 1 atom stereocenters. The van der Waals surface area contributed by atoms with Crippen molar-refractivity contribution in [1.29, 1.82) is 0 Å². The van der Waals surface area contributed by atoms with E-state index in [-0.39, 0.29) is 12.2 Å². The summed E-state index contributed by atoms with van der Waals surface area (Å²) in [4.78, 5) is 34.9. The minimum atomic E-state index is -0.593. The van der Waals surface area contributed by atoms with Crippen LogP contribution in [0.5, 0.6) is 0 Å². The standard InChI is InChI=1S/C26H27N3O3S2/c1-6-32-25(31)22-16(2)27-26-29(23(22)18-9-13-20(33-5)14-10-18)24(30)21(34-26)15-17-7-11-19(12-8-17)28(3)4/h7-15,23H,6H2,1-5H3/b21-15+/t23-/m1/s1. The van der Waals surface area contributed by atoms with Gasteiger partial charge in [-0.15, -0.1) is 11.8 Å². The fourth-order valence-corrected chi connectivity index (χ4v) is 5.37. The number of thioether (sulfide) groups is 1. The monoisotopic (exact) mass is 493 g/mol. The number of benzene rings is 2. The molecule has 0 fully saturated rings. The van der Waals surface area contributed by atoms with Gasteiger partial charge in [-0.3, -0.25) is 9.36 Å². The van der Waals surface area contributed by atoms with Gasteiger partial charge in [0.25, 0.3) is 5.56 Å². The highest BCUT2D eigenvalue weighted by Crippen LogP contribution is 2.31. The van der Waals surface area contributed by atoms with E-state index in [4.69, 9.17) is 4.74 Å². The number of rotatable bonds is 6. The van der Waals surface area contributed by atoms with Crippen LogP contribution in [0.2, 0.25) is 0 Å². The Morgan fingerprint density at radius 2 is 1.85 bits per heavy atom. The van der Waals surface area contributed by atoms with Gasteiger partial charge in [0.15, 0.2) is 4.80 Å². The van der Waals surface area contributed by atoms with E-state index in [1.165, 1.54) is 11.3 Å². The largest absolute Gasteiger partial charge is 0.463 e. The molecule has 0 saturated carbocycles. The lowest BCUT2D eigenvalue weighted by Crippen LogP contribution is -2.39. The molecule has 6 nitrogen and oxygen atoms in total. The molecular weight excluding hydrogens is 466 g/mol. The average molecular weight is 494 g/mol. The summed E-state index contributed by atoms with van der Waals surface area (Å²) in [5.41, 5.74) is 3.65. The Hall–Kier alpha value is -3.10. The molecule has 3 aromatic rings. The number of aromatic nitrogens is 1. The number of fused-ring (bicyclic) bond motifs is 1. The van der Waals surface area contributed by atoms with E-state index >= 15 is 0 Å². The third kappa shape index (κ3) is 4.60. The third-order valence-corrected chi connectivity index (χ3v) is 7.38. The zero-order valence-corrected chi connectivity index (χ0v) is 21.5. The zero-order chi connectivity index (χ0) is 24.4. The van der Waals surface area contributed by atoms with Crippen LogP contribution in [-0.4, -0.2) is 37.5 Å². The van der Waals surface area contributed by atoms with Crippen molar-refractivity contribution in [2.75, 3.05) is 31.9 Å². The van der Waals surface area contributed by atoms with Crippen LogP contribution in [0.3, 0.4) is 0 Å². The molecule has 0 aliphatic carbocycles. The summed E-state index contributed by atoms with van der Waals surface area (Å²) < 4.78 is 7.54. The maximum absolute atomic E-state index is 13.6. The van der Waals surface area contributed by atoms with Gasteiger partial charge in [0.05, 0.1) is 28.5 Å². The van der Waals surface area contributed by atoms with Crippen LogP contribution in [0.15, 0.2) is 74.5 Å². The summed E-state index contributed by atoms with van der Waals surface area (Å²) >= 11 is 2.97. The van der Waals surface area contributed by atoms with Gasteiger partial charge in [-0.05, 0) is 61.6 Å². The number of allylic oxidation sites excluding steroid dienone is 1. The second kappa shape index (κ2) is 10.0. The first kappa shape index (κ1) is 24.0. The van der Waals surface area contributed by atoms with E-state index in [2.05, 4.69) is 4.99 Å². The summed E-state index contributed by atoms with van der Waals surface area (Å²) in [5.74, 6) is -0.448. The quantitative estimate of drug-likeness (QED) is 0.388. The number of hydrogen-bond acceptors (Lipinski definition) is 7. The lowest BCUT2D eigenvalue weighted by Gasteiger charge is -2.24. The summed E-state index contributed by atoms with van der Waals surface area (Å²) in [6, 6.07) is 15.3. The molecule has 0 saturated heterocycles. The van der Waals surface area contributed by atoms with E-state index in [1.54, 1.807) is 30.2 Å². The predicted molar refractivity (Wildman–Crippen MR) is 139 cm³/mol. The van der Waals surface area contributed by atoms with Crippen molar-refractivity contribution < 1.29 is 9.53 Å². The molecule has 2 aromatic carbocycles. The highest BCUT2D eigenvalue weighted by Gasteiger charge is 2.33. The summed E-state index contributed by atoms with van der Waals surface area (Å²) in [7, 11) is 3.98. The van der Waals surface area contributed by atoms with Crippen LogP contribution in [0.25, 0.3) is 6.08 Å². The topological polar surface area (TPSA) is 63.9 Å². The minimum Gasteiger partial charge on any atom is -0.463 e. The van der Waals surface area contributed by atoms with Crippen LogP contribution in [0.1, 0.15) is 31.0 Å². The number of anilines is 1. The second-order valence-corrected chi connectivity index (χ2v) is 9.95. The van der Waals surface area contributed by atoms with Gasteiger partial charge >= 0.3 is 5.97 Å². The van der Waals surface area contributed by atoms with Gasteiger partial charge in [0, 0.05) is 24.7 Å². The molecule has 1 aliphatic rings. The summed E-state index contributed by atoms with van der Waals surface area (Å²) in [6.45, 7) is 3.82. The van der Waals surface area contributed by atoms with Crippen molar-refractivity contribution in [3.63, 3.8) is 0 Å². The fraction of sp³-hybridized carbons (Fsp3) is 0.269. The van der Waals surface area contributed by atoms with Crippen LogP contribution < -0.4 is 19.8 Å². The van der Waals surface area contributed by atoms with Gasteiger partial charge in [0.2, 0.25) is 0 Å². The molecule has 0 N–H and O–H groups in total. The molecule has 0 spiro atoms. The third-order valence-electron chi connectivity index (χ3n) is 5.66. The molecular formula is C26H27N3O3S2. The fourth-order valence-electron chi connectivity index (χ4n) is 3.91. The predicted octanol–water partition coefficient (Wildman–Crippen LogP) is 3.59. The normalized spacial score (nSPS) is 15.7. The van der Waals surface area contributed by atoms with Gasteiger partial charge in [-0.2, -0.15) is 0 Å². The molecule has 176 valence electrons. The number of thiazole rings is 1. The van der Waals surface area contributed by atoms with E-state index in [0.717, 1.165) is 21.7 Å². The van der Waals surface area contributed by atoms with E-state index in [9.17, 15) is 9.59 Å². The Kier molecular flexibility index (Phi) is 7.09. The number of ether oxygens (including phenoxy) is 1. The molecule has 1 aromatic heterocycles. The van der Waals surface area contributed by atoms with Crippen molar-refractivity contribution in [3.8, 4) is 0 Å². The first-order valence-electron chi connectivity index (χ1n) is 10.9. The van der Waals surface area contributed by atoms with Crippen molar-refractivity contribution in [2.24, 2.45) is 4.99 Å². The number of hydrogen-bond donors (Lipinski definition) is 0. The molecule has 0 amide bonds. The number of esters is 1. The Morgan fingerprint density at radius 3 is 2.44 bits per heavy atom. The zero-order valence-electron chi connectivity index (χ0n) is 19.9. The Labute approximate surface area is 206 Å². The van der Waals surface area contributed by atoms with Crippen LogP contribution in [0.4, 0.5) is 5.69 Å². The highest BCUT2D eigenvalue weighted by molar-refractivity contribution is 7.98. The van der Waals surface area contributed by atoms with Crippen molar-refractivity contribution in [2.45, 2.75) is 24.8 Å². The maximum Gasteiger partial charge on any atom is 0.338 e. The molecule has 1 aliphatic heterocycles. The van der Waals surface area contributed by atoms with Crippen molar-refractivity contribution in [1.82, 2.24) is 4.57 Å². The first-order valence-corrected chi connectivity index (χ1v) is 13.0. The van der Waals surface area contributed by atoms with Crippen molar-refractivity contribution >= 4 is 40.8 Å². The first-order chi connectivity index (χ1) is 16.3. The molecule has 8 heteroatoms. The molecule has 0 unspecified atom stereocenters. The van der Waals surface area contributed by atoms with E-state index < -0.39 is 12.0 Å². The highest BCUT2D eigenvalue weighted by atomic mass is 32.2. The number of carbonyl (C=O) groups excluding carboxylic acids is 1. The van der Waals surface area contributed by atoms with Gasteiger partial charge in [-0.1, -0.05) is 35.6 Å². The van der Waals surface area contributed by atoms with Gasteiger partial charge in [-0.25, -0.2) is 9.79 Å². The van der Waals surface area contributed by atoms with Crippen LogP contribution in [0, 0.1) is 0 Å². The minimum absolute atomic E-state index is 0.173. The summed E-state index contributed by atoms with van der Waals surface area (Å²) in [6.07, 6.45) is 3.89. The molecule has 4 rings (SSSR count). The van der Waals surface area contributed by atoms with Gasteiger partial charge < -0.3 is 9.64 Å². The van der Waals surface area contributed by atoms with Crippen LogP contribution >= 0.6 is 23.1 Å². The molecule has 2 heterocycles. The Bertz CT molecular complexity index is 1420. The lowest BCUT2D eigenvalue weighted by atomic mass is 9.96. The number of nitrogens with zero attached hydrogens (tertiary/aromatic N) is 3. The van der Waals surface area contributed by atoms with Crippen LogP contribution in [-0.2, 0) is 9.53 Å². The van der Waals surface area contributed by atoms with E-state index in [1.807, 2.05) is 79.9 Å². The molecule has 0 bridgehead atoms. The van der Waals surface area contributed by atoms with Gasteiger partial charge in [0.1, 0.15) is 0 Å². The Balaban J connectivity index is 1.89. The summed E-state index contributed by atoms with van der Waals surface area (Å²) in [5, 5.41) is 0. The lowest BCUT2D eigenvalue weighted by molar-refractivity contribution is -0.139. The average Bonchev–Trinajstić information content (AvgIpc) is 3.13. The maximum atomic E-state index is 13.6.